The van der Waals surface area contributed by atoms with E-state index in [4.69, 9.17) is 15.3 Å². The maximum Gasteiger partial charge on any atom is 0.256 e. The van der Waals surface area contributed by atoms with E-state index in [1.165, 1.54) is 18.2 Å². The van der Waals surface area contributed by atoms with Gasteiger partial charge in [0.05, 0.1) is 12.2 Å². The first-order chi connectivity index (χ1) is 9.43. The quantitative estimate of drug-likeness (QED) is 0.627. The molecule has 7 nitrogen and oxygen atoms in total. The van der Waals surface area contributed by atoms with Crippen molar-refractivity contribution in [2.45, 2.75) is 13.0 Å². The summed E-state index contributed by atoms with van der Waals surface area (Å²) in [6.45, 7) is 0.991. The number of carbonyl (C=O) groups is 2. The molecule has 5 N–H and O–H groups in total. The van der Waals surface area contributed by atoms with Gasteiger partial charge in [-0.05, 0) is 25.1 Å². The molecule has 7 heteroatoms. The highest BCUT2D eigenvalue weighted by Gasteiger charge is 2.23. The van der Waals surface area contributed by atoms with Crippen molar-refractivity contribution in [2.75, 3.05) is 6.61 Å². The molecule has 2 aromatic rings. The summed E-state index contributed by atoms with van der Waals surface area (Å²) < 4.78 is 5.40. The monoisotopic (exact) mass is 278 g/mol. The lowest BCUT2D eigenvalue weighted by Crippen LogP contribution is -2.46. The molecule has 2 rings (SSSR count). The smallest absolute Gasteiger partial charge is 0.256 e. The predicted octanol–water partition coefficient (Wildman–Crippen LogP) is 0.0228. The summed E-state index contributed by atoms with van der Waals surface area (Å²) in [7, 11) is 0. The Morgan fingerprint density at radius 2 is 2.15 bits per heavy atom. The van der Waals surface area contributed by atoms with Crippen LogP contribution in [0, 0.1) is 6.92 Å². The highest BCUT2D eigenvalue weighted by atomic mass is 16.3. The molecule has 0 aliphatic carbocycles. The lowest BCUT2D eigenvalue weighted by atomic mass is 10.1. The van der Waals surface area contributed by atoms with Crippen LogP contribution in [0.2, 0.25) is 0 Å². The molecule has 0 aliphatic rings. The van der Waals surface area contributed by atoms with Crippen molar-refractivity contribution in [3.8, 4) is 5.75 Å². The Hall–Kier alpha value is -2.54. The van der Waals surface area contributed by atoms with E-state index in [-0.39, 0.29) is 11.3 Å². The van der Waals surface area contributed by atoms with E-state index in [0.717, 1.165) is 0 Å². The minimum absolute atomic E-state index is 0.0130. The number of aliphatic hydroxyl groups excluding tert-OH is 1. The first-order valence-electron chi connectivity index (χ1n) is 5.87. The van der Waals surface area contributed by atoms with Gasteiger partial charge in [-0.3, -0.25) is 9.59 Å². The van der Waals surface area contributed by atoms with Crippen LogP contribution < -0.4 is 11.1 Å². The minimum Gasteiger partial charge on any atom is -0.508 e. The molecule has 1 aromatic carbocycles. The first-order valence-corrected chi connectivity index (χ1v) is 5.87. The predicted molar refractivity (Wildman–Crippen MR) is 70.2 cm³/mol. The summed E-state index contributed by atoms with van der Waals surface area (Å²) in [4.78, 5) is 23.2. The van der Waals surface area contributed by atoms with E-state index >= 15 is 0 Å². The van der Waals surface area contributed by atoms with Gasteiger partial charge in [0.2, 0.25) is 5.91 Å². The van der Waals surface area contributed by atoms with E-state index in [2.05, 4.69) is 5.32 Å². The lowest BCUT2D eigenvalue weighted by molar-refractivity contribution is -0.120. The summed E-state index contributed by atoms with van der Waals surface area (Å²) in [5.74, 6) is -1.12. The molecule has 106 valence electrons. The van der Waals surface area contributed by atoms with Crippen LogP contribution in [0.3, 0.4) is 0 Å². The number of aliphatic hydroxyl groups is 1. The number of aryl methyl sites for hydroxylation is 1. The summed E-state index contributed by atoms with van der Waals surface area (Å²) >= 11 is 0. The van der Waals surface area contributed by atoms with Crippen LogP contribution in [0.1, 0.15) is 16.1 Å². The summed E-state index contributed by atoms with van der Waals surface area (Å²) in [6.07, 6.45) is 0. The molecular weight excluding hydrogens is 264 g/mol. The number of amides is 2. The highest BCUT2D eigenvalue weighted by molar-refractivity contribution is 6.08. The molecule has 1 aromatic heterocycles. The Kier molecular flexibility index (Phi) is 3.62. The fourth-order valence-corrected chi connectivity index (χ4v) is 1.93. The third-order valence-corrected chi connectivity index (χ3v) is 2.91. The van der Waals surface area contributed by atoms with E-state index in [1.54, 1.807) is 6.92 Å². The van der Waals surface area contributed by atoms with Crippen molar-refractivity contribution >= 4 is 22.8 Å². The Balaban J connectivity index is 2.41. The average Bonchev–Trinajstić information content (AvgIpc) is 2.70. The molecule has 0 bridgehead atoms. The van der Waals surface area contributed by atoms with Crippen LogP contribution in [-0.2, 0) is 4.79 Å². The molecular formula is C13H14N2O5. The first kappa shape index (κ1) is 13.9. The summed E-state index contributed by atoms with van der Waals surface area (Å²) in [5, 5.41) is 21.2. The molecule has 1 unspecified atom stereocenters. The van der Waals surface area contributed by atoms with Gasteiger partial charge >= 0.3 is 0 Å². The number of furan rings is 1. The molecule has 0 radical (unpaired) electrons. The van der Waals surface area contributed by atoms with Gasteiger partial charge in [0.15, 0.2) is 0 Å². The van der Waals surface area contributed by atoms with Crippen molar-refractivity contribution in [2.24, 2.45) is 5.73 Å². The number of fused-ring (bicyclic) bond motifs is 1. The number of hydrogen-bond donors (Lipinski definition) is 4. The Morgan fingerprint density at radius 1 is 1.45 bits per heavy atom. The Bertz CT molecular complexity index is 677. The van der Waals surface area contributed by atoms with Gasteiger partial charge in [-0.25, -0.2) is 0 Å². The lowest BCUT2D eigenvalue weighted by Gasteiger charge is -2.12. The topological polar surface area (TPSA) is 126 Å². The maximum atomic E-state index is 12.2. The molecule has 2 amide bonds. The number of benzene rings is 1. The average molecular weight is 278 g/mol. The van der Waals surface area contributed by atoms with Gasteiger partial charge in [-0.2, -0.15) is 0 Å². The molecule has 0 fully saturated rings. The number of nitrogens with one attached hydrogen (secondary N) is 1. The highest BCUT2D eigenvalue weighted by Crippen LogP contribution is 2.28. The second-order valence-electron chi connectivity index (χ2n) is 4.32. The number of aromatic hydroxyl groups is 1. The molecule has 1 heterocycles. The molecule has 0 aliphatic heterocycles. The summed E-state index contributed by atoms with van der Waals surface area (Å²) in [5.41, 5.74) is 5.67. The van der Waals surface area contributed by atoms with Gasteiger partial charge in [-0.15, -0.1) is 0 Å². The molecule has 20 heavy (non-hydrogen) atoms. The second kappa shape index (κ2) is 5.22. The molecule has 1 atom stereocenters. The van der Waals surface area contributed by atoms with Crippen LogP contribution in [0.5, 0.6) is 5.75 Å². The normalized spacial score (nSPS) is 12.3. The fourth-order valence-electron chi connectivity index (χ4n) is 1.93. The zero-order valence-electron chi connectivity index (χ0n) is 10.7. The molecule has 0 saturated carbocycles. The number of carbonyl (C=O) groups excluding carboxylic acids is 2. The third-order valence-electron chi connectivity index (χ3n) is 2.91. The number of hydrogen-bond acceptors (Lipinski definition) is 5. The van der Waals surface area contributed by atoms with E-state index in [9.17, 15) is 14.7 Å². The van der Waals surface area contributed by atoms with Crippen LogP contribution in [0.25, 0.3) is 11.0 Å². The minimum atomic E-state index is -1.18. The van der Waals surface area contributed by atoms with Gasteiger partial charge in [0.1, 0.15) is 23.1 Å². The Labute approximate surface area is 114 Å². The van der Waals surface area contributed by atoms with E-state index in [0.29, 0.717) is 16.7 Å². The van der Waals surface area contributed by atoms with Crippen molar-refractivity contribution in [3.05, 3.63) is 29.5 Å². The number of phenols is 1. The maximum absolute atomic E-state index is 12.2. The van der Waals surface area contributed by atoms with Gasteiger partial charge < -0.3 is 25.7 Å². The molecule has 0 spiro atoms. The zero-order chi connectivity index (χ0) is 14.9. The van der Waals surface area contributed by atoms with Crippen molar-refractivity contribution < 1.29 is 24.2 Å². The van der Waals surface area contributed by atoms with Crippen molar-refractivity contribution in [3.63, 3.8) is 0 Å². The Morgan fingerprint density at radius 3 is 2.75 bits per heavy atom. The van der Waals surface area contributed by atoms with Crippen LogP contribution >= 0.6 is 0 Å². The summed E-state index contributed by atoms with van der Waals surface area (Å²) in [6, 6.07) is 3.18. The second-order valence-corrected chi connectivity index (χ2v) is 4.32. The fraction of sp³-hybridized carbons (Fsp3) is 0.231. The van der Waals surface area contributed by atoms with Crippen LogP contribution in [0.4, 0.5) is 0 Å². The number of primary amides is 1. The van der Waals surface area contributed by atoms with Crippen molar-refractivity contribution in [1.82, 2.24) is 5.32 Å². The number of phenolic OH excluding ortho intramolecular Hbond substituents is 1. The number of rotatable bonds is 4. The van der Waals surface area contributed by atoms with E-state index in [1.807, 2.05) is 0 Å². The largest absolute Gasteiger partial charge is 0.508 e. The SMILES string of the molecule is Cc1oc2ccc(O)cc2c1C(=O)NC(CO)C(N)=O. The number of nitrogens with two attached hydrogens (primary N) is 1. The molecule has 0 saturated heterocycles. The van der Waals surface area contributed by atoms with Gasteiger partial charge in [-0.1, -0.05) is 0 Å². The van der Waals surface area contributed by atoms with Crippen molar-refractivity contribution in [1.29, 1.82) is 0 Å². The van der Waals surface area contributed by atoms with Gasteiger partial charge in [0, 0.05) is 5.39 Å². The standard InChI is InChI=1S/C13H14N2O5/c1-6-11(13(19)15-9(5-16)12(14)18)8-4-7(17)2-3-10(8)20-6/h2-4,9,16-17H,5H2,1H3,(H2,14,18)(H,15,19). The zero-order valence-corrected chi connectivity index (χ0v) is 10.7. The van der Waals surface area contributed by atoms with Crippen LogP contribution in [-0.4, -0.2) is 34.7 Å². The van der Waals surface area contributed by atoms with Gasteiger partial charge in [0.25, 0.3) is 5.91 Å². The van der Waals surface area contributed by atoms with Crippen LogP contribution in [0.15, 0.2) is 22.6 Å². The third kappa shape index (κ3) is 2.43. The van der Waals surface area contributed by atoms with E-state index < -0.39 is 24.5 Å².